The lowest BCUT2D eigenvalue weighted by Gasteiger charge is -2.38. The minimum atomic E-state index is -0.804. The summed E-state index contributed by atoms with van der Waals surface area (Å²) in [6.45, 7) is 0. The van der Waals surface area contributed by atoms with Gasteiger partial charge in [0.15, 0.2) is 0 Å². The standard InChI is InChI=1S/C13H22N2O3/c14-13(7-4-8-13)12(18)15-10-6-3-1-2-5-9(10)11(16)17/h9-10H,1-8,14H2,(H,15,18)(H,16,17). The van der Waals surface area contributed by atoms with Crippen LogP contribution in [0.2, 0.25) is 0 Å². The van der Waals surface area contributed by atoms with Gasteiger partial charge in [0.2, 0.25) is 5.91 Å². The Bertz CT molecular complexity index is 339. The van der Waals surface area contributed by atoms with Crippen LogP contribution >= 0.6 is 0 Å². The molecule has 2 aliphatic rings. The van der Waals surface area contributed by atoms with E-state index in [1.807, 2.05) is 0 Å². The molecule has 2 atom stereocenters. The number of hydrogen-bond acceptors (Lipinski definition) is 3. The third kappa shape index (κ3) is 2.66. The summed E-state index contributed by atoms with van der Waals surface area (Å²) in [5, 5.41) is 12.1. The van der Waals surface area contributed by atoms with Crippen LogP contribution in [0.5, 0.6) is 0 Å². The van der Waals surface area contributed by atoms with Crippen molar-refractivity contribution in [3.05, 3.63) is 0 Å². The second kappa shape index (κ2) is 5.26. The molecule has 4 N–H and O–H groups in total. The number of carbonyl (C=O) groups excluding carboxylic acids is 1. The van der Waals surface area contributed by atoms with Crippen molar-refractivity contribution >= 4 is 11.9 Å². The molecule has 0 heterocycles. The van der Waals surface area contributed by atoms with E-state index in [1.54, 1.807) is 0 Å². The van der Waals surface area contributed by atoms with Gasteiger partial charge in [0.25, 0.3) is 0 Å². The third-order valence-corrected chi connectivity index (χ3v) is 4.35. The van der Waals surface area contributed by atoms with Gasteiger partial charge in [-0.3, -0.25) is 9.59 Å². The Kier molecular flexibility index (Phi) is 3.90. The number of rotatable bonds is 3. The molecule has 2 fully saturated rings. The van der Waals surface area contributed by atoms with Crippen LogP contribution in [0, 0.1) is 5.92 Å². The molecule has 0 bridgehead atoms. The highest BCUT2D eigenvalue weighted by atomic mass is 16.4. The Labute approximate surface area is 107 Å². The first-order valence-corrected chi connectivity index (χ1v) is 6.85. The van der Waals surface area contributed by atoms with Crippen molar-refractivity contribution in [2.45, 2.75) is 62.9 Å². The molecule has 2 unspecified atom stereocenters. The van der Waals surface area contributed by atoms with Gasteiger partial charge in [-0.25, -0.2) is 0 Å². The van der Waals surface area contributed by atoms with E-state index in [-0.39, 0.29) is 11.9 Å². The molecule has 2 aliphatic carbocycles. The molecule has 102 valence electrons. The number of amides is 1. The summed E-state index contributed by atoms with van der Waals surface area (Å²) < 4.78 is 0. The molecule has 0 radical (unpaired) electrons. The van der Waals surface area contributed by atoms with Gasteiger partial charge in [0, 0.05) is 6.04 Å². The van der Waals surface area contributed by atoms with Crippen LogP contribution in [-0.4, -0.2) is 28.6 Å². The summed E-state index contributed by atoms with van der Waals surface area (Å²) in [6.07, 6.45) is 6.76. The normalized spacial score (nSPS) is 30.9. The Morgan fingerprint density at radius 1 is 1.11 bits per heavy atom. The average Bonchev–Trinajstić information content (AvgIpc) is 2.51. The number of hydrogen-bond donors (Lipinski definition) is 3. The highest BCUT2D eigenvalue weighted by Crippen LogP contribution is 2.30. The van der Waals surface area contributed by atoms with Gasteiger partial charge >= 0.3 is 5.97 Å². The van der Waals surface area contributed by atoms with Crippen molar-refractivity contribution < 1.29 is 14.7 Å². The average molecular weight is 254 g/mol. The van der Waals surface area contributed by atoms with Gasteiger partial charge in [-0.15, -0.1) is 0 Å². The van der Waals surface area contributed by atoms with Crippen molar-refractivity contribution in [1.29, 1.82) is 0 Å². The zero-order valence-electron chi connectivity index (χ0n) is 10.7. The number of aliphatic carboxylic acids is 1. The van der Waals surface area contributed by atoms with E-state index in [2.05, 4.69) is 5.32 Å². The summed E-state index contributed by atoms with van der Waals surface area (Å²) in [4.78, 5) is 23.3. The van der Waals surface area contributed by atoms with Crippen molar-refractivity contribution in [3.8, 4) is 0 Å². The smallest absolute Gasteiger partial charge is 0.308 e. The fourth-order valence-corrected chi connectivity index (χ4v) is 2.87. The molecule has 1 amide bonds. The molecule has 0 aromatic carbocycles. The predicted octanol–water partition coefficient (Wildman–Crippen LogP) is 1.02. The minimum Gasteiger partial charge on any atom is -0.481 e. The molecule has 2 rings (SSSR count). The Hall–Kier alpha value is -1.10. The molecule has 5 heteroatoms. The highest BCUT2D eigenvalue weighted by molar-refractivity contribution is 5.87. The van der Waals surface area contributed by atoms with Crippen molar-refractivity contribution in [2.75, 3.05) is 0 Å². The van der Waals surface area contributed by atoms with Crippen LogP contribution in [-0.2, 0) is 9.59 Å². The third-order valence-electron chi connectivity index (χ3n) is 4.35. The van der Waals surface area contributed by atoms with Crippen molar-refractivity contribution in [3.63, 3.8) is 0 Å². The van der Waals surface area contributed by atoms with Gasteiger partial charge in [-0.1, -0.05) is 19.3 Å². The Morgan fingerprint density at radius 3 is 2.33 bits per heavy atom. The maximum absolute atomic E-state index is 12.1. The SMILES string of the molecule is NC1(C(=O)NC2CCCCCC2C(=O)O)CCC1. The number of nitrogens with two attached hydrogens (primary N) is 1. The number of carboxylic acid groups (broad SMARTS) is 1. The lowest BCUT2D eigenvalue weighted by atomic mass is 9.76. The van der Waals surface area contributed by atoms with E-state index in [4.69, 9.17) is 5.73 Å². The van der Waals surface area contributed by atoms with E-state index in [9.17, 15) is 14.7 Å². The molecule has 5 nitrogen and oxygen atoms in total. The second-order valence-electron chi connectivity index (χ2n) is 5.67. The van der Waals surface area contributed by atoms with E-state index >= 15 is 0 Å². The van der Waals surface area contributed by atoms with Crippen LogP contribution in [0.25, 0.3) is 0 Å². The molecule has 0 saturated heterocycles. The van der Waals surface area contributed by atoms with E-state index in [0.29, 0.717) is 19.3 Å². The maximum Gasteiger partial charge on any atom is 0.308 e. The molecule has 0 aliphatic heterocycles. The quantitative estimate of drug-likeness (QED) is 0.655. The van der Waals surface area contributed by atoms with Gasteiger partial charge in [0.05, 0.1) is 11.5 Å². The molecule has 0 aromatic heterocycles. The van der Waals surface area contributed by atoms with Crippen LogP contribution in [0.4, 0.5) is 0 Å². The minimum absolute atomic E-state index is 0.160. The number of nitrogens with one attached hydrogen (secondary N) is 1. The fraction of sp³-hybridized carbons (Fsp3) is 0.846. The molecule has 18 heavy (non-hydrogen) atoms. The fourth-order valence-electron chi connectivity index (χ4n) is 2.87. The Balaban J connectivity index is 1.99. The molecule has 0 spiro atoms. The van der Waals surface area contributed by atoms with E-state index in [0.717, 1.165) is 32.1 Å². The van der Waals surface area contributed by atoms with Crippen molar-refractivity contribution in [1.82, 2.24) is 5.32 Å². The zero-order chi connectivity index (χ0) is 13.2. The van der Waals surface area contributed by atoms with E-state index < -0.39 is 17.4 Å². The largest absolute Gasteiger partial charge is 0.481 e. The molecular formula is C13H22N2O3. The molecule has 0 aromatic rings. The molecular weight excluding hydrogens is 232 g/mol. The lowest BCUT2D eigenvalue weighted by molar-refractivity contribution is -0.143. The van der Waals surface area contributed by atoms with Gasteiger partial charge in [0.1, 0.15) is 0 Å². The maximum atomic E-state index is 12.1. The first-order chi connectivity index (χ1) is 8.53. The topological polar surface area (TPSA) is 92.4 Å². The monoisotopic (exact) mass is 254 g/mol. The number of carboxylic acids is 1. The summed E-state index contributed by atoms with van der Waals surface area (Å²) in [7, 11) is 0. The first kappa shape index (κ1) is 13.3. The van der Waals surface area contributed by atoms with E-state index in [1.165, 1.54) is 0 Å². The Morgan fingerprint density at radius 2 is 1.78 bits per heavy atom. The van der Waals surface area contributed by atoms with Crippen molar-refractivity contribution in [2.24, 2.45) is 11.7 Å². The van der Waals surface area contributed by atoms with Crippen LogP contribution in [0.1, 0.15) is 51.4 Å². The summed E-state index contributed by atoms with van der Waals surface area (Å²) in [5.41, 5.74) is 5.22. The second-order valence-corrected chi connectivity index (χ2v) is 5.67. The van der Waals surface area contributed by atoms with Crippen LogP contribution in [0.15, 0.2) is 0 Å². The highest BCUT2D eigenvalue weighted by Gasteiger charge is 2.42. The van der Waals surface area contributed by atoms with Crippen LogP contribution in [0.3, 0.4) is 0 Å². The molecule has 2 saturated carbocycles. The van der Waals surface area contributed by atoms with Gasteiger partial charge in [-0.05, 0) is 32.1 Å². The summed E-state index contributed by atoms with van der Waals surface area (Å²) in [5.74, 6) is -1.42. The number of carbonyl (C=O) groups is 2. The first-order valence-electron chi connectivity index (χ1n) is 6.85. The van der Waals surface area contributed by atoms with Gasteiger partial charge in [-0.2, -0.15) is 0 Å². The summed E-state index contributed by atoms with van der Waals surface area (Å²) in [6, 6.07) is -0.251. The lowest BCUT2D eigenvalue weighted by Crippen LogP contribution is -2.61. The van der Waals surface area contributed by atoms with Gasteiger partial charge < -0.3 is 16.2 Å². The predicted molar refractivity (Wildman–Crippen MR) is 66.9 cm³/mol. The zero-order valence-corrected chi connectivity index (χ0v) is 10.7. The van der Waals surface area contributed by atoms with Crippen LogP contribution < -0.4 is 11.1 Å². The summed E-state index contributed by atoms with van der Waals surface area (Å²) >= 11 is 0.